The lowest BCUT2D eigenvalue weighted by molar-refractivity contribution is 0.477. The lowest BCUT2D eigenvalue weighted by atomic mass is 10.0. The van der Waals surface area contributed by atoms with E-state index in [2.05, 4.69) is 15.2 Å². The molecule has 0 saturated carbocycles. The summed E-state index contributed by atoms with van der Waals surface area (Å²) in [5, 5.41) is 19.1. The van der Waals surface area contributed by atoms with Crippen LogP contribution in [0.3, 0.4) is 0 Å². The molecule has 3 N–H and O–H groups in total. The van der Waals surface area contributed by atoms with Crippen LogP contribution >= 0.6 is 23.2 Å². The average molecular weight is 398 g/mol. The van der Waals surface area contributed by atoms with E-state index in [0.29, 0.717) is 38.2 Å². The van der Waals surface area contributed by atoms with Crippen molar-refractivity contribution in [2.75, 3.05) is 5.73 Å². The number of hydrogen-bond donors (Lipinski definition) is 2. The van der Waals surface area contributed by atoms with Crippen LogP contribution in [0.1, 0.15) is 0 Å². The number of benzene rings is 2. The van der Waals surface area contributed by atoms with Crippen molar-refractivity contribution in [3.05, 3.63) is 71.1 Å². The first-order valence-electron chi connectivity index (χ1n) is 7.95. The zero-order valence-corrected chi connectivity index (χ0v) is 15.4. The highest BCUT2D eigenvalue weighted by Crippen LogP contribution is 2.35. The minimum atomic E-state index is 0.148. The van der Waals surface area contributed by atoms with Gasteiger partial charge in [-0.05, 0) is 24.3 Å². The molecule has 6 nitrogen and oxygen atoms in total. The number of pyridine rings is 1. The highest BCUT2D eigenvalue weighted by atomic mass is 35.5. The summed E-state index contributed by atoms with van der Waals surface area (Å²) in [6.07, 6.45) is 3.12. The van der Waals surface area contributed by atoms with Crippen LogP contribution in [0.15, 0.2) is 61.1 Å². The Hall–Kier alpha value is -3.09. The summed E-state index contributed by atoms with van der Waals surface area (Å²) in [5.41, 5.74) is 8.61. The number of anilines is 1. The van der Waals surface area contributed by atoms with Crippen LogP contribution in [0, 0.1) is 0 Å². The fraction of sp³-hybridized carbons (Fsp3) is 0. The van der Waals surface area contributed by atoms with Gasteiger partial charge in [0.15, 0.2) is 5.82 Å². The maximum atomic E-state index is 10.1. The normalized spacial score (nSPS) is 10.9. The van der Waals surface area contributed by atoms with Crippen LogP contribution in [-0.2, 0) is 0 Å². The molecule has 0 aliphatic rings. The third kappa shape index (κ3) is 3.09. The molecule has 4 rings (SSSR count). The first kappa shape index (κ1) is 17.3. The number of nitrogens with zero attached hydrogens (tertiary/aromatic N) is 4. The van der Waals surface area contributed by atoms with Crippen LogP contribution in [0.25, 0.3) is 28.2 Å². The Kier molecular flexibility index (Phi) is 4.43. The predicted molar refractivity (Wildman–Crippen MR) is 106 cm³/mol. The van der Waals surface area contributed by atoms with E-state index in [1.807, 2.05) is 6.07 Å². The number of hydrogen-bond acceptors (Lipinski definition) is 5. The highest BCUT2D eigenvalue weighted by molar-refractivity contribution is 6.43. The number of rotatable bonds is 3. The Bertz CT molecular complexity index is 1140. The molecule has 0 aliphatic carbocycles. The van der Waals surface area contributed by atoms with E-state index in [0.717, 1.165) is 0 Å². The lowest BCUT2D eigenvalue weighted by Crippen LogP contribution is -2.02. The van der Waals surface area contributed by atoms with Crippen LogP contribution in [0.2, 0.25) is 10.0 Å². The molecule has 0 bridgehead atoms. The first-order chi connectivity index (χ1) is 13.1. The Morgan fingerprint density at radius 3 is 2.63 bits per heavy atom. The van der Waals surface area contributed by atoms with Gasteiger partial charge in [-0.25, -0.2) is 4.98 Å². The molecule has 0 saturated heterocycles. The van der Waals surface area contributed by atoms with Crippen LogP contribution in [0.4, 0.5) is 5.82 Å². The molecule has 0 atom stereocenters. The number of aromatic nitrogens is 4. The third-order valence-electron chi connectivity index (χ3n) is 4.11. The Labute approximate surface area is 164 Å². The molecule has 8 heteroatoms. The number of nitrogens with two attached hydrogens (primary N) is 1. The summed E-state index contributed by atoms with van der Waals surface area (Å²) in [4.78, 5) is 4.25. The average Bonchev–Trinajstić information content (AvgIpc) is 3.14. The van der Waals surface area contributed by atoms with Crippen molar-refractivity contribution in [1.29, 1.82) is 0 Å². The molecule has 2 aromatic carbocycles. The van der Waals surface area contributed by atoms with Gasteiger partial charge >= 0.3 is 0 Å². The van der Waals surface area contributed by atoms with Crippen molar-refractivity contribution in [1.82, 2.24) is 19.7 Å². The summed E-state index contributed by atoms with van der Waals surface area (Å²) in [7, 11) is 0. The zero-order chi connectivity index (χ0) is 19.0. The van der Waals surface area contributed by atoms with E-state index < -0.39 is 0 Å². The smallest absolute Gasteiger partial charge is 0.172 e. The number of para-hydroxylation sites is 1. The minimum Gasteiger partial charge on any atom is -0.507 e. The van der Waals surface area contributed by atoms with Crippen molar-refractivity contribution in [3.8, 4) is 34.0 Å². The molecule has 0 amide bonds. The molecule has 0 spiro atoms. The number of phenols is 1. The van der Waals surface area contributed by atoms with Gasteiger partial charge in [0.05, 0.1) is 21.3 Å². The zero-order valence-electron chi connectivity index (χ0n) is 13.8. The van der Waals surface area contributed by atoms with Crippen LogP contribution in [0.5, 0.6) is 5.75 Å². The van der Waals surface area contributed by atoms with Crippen LogP contribution < -0.4 is 5.73 Å². The maximum absolute atomic E-state index is 10.1. The van der Waals surface area contributed by atoms with E-state index in [-0.39, 0.29) is 11.6 Å². The highest BCUT2D eigenvalue weighted by Gasteiger charge is 2.17. The Balaban J connectivity index is 1.89. The van der Waals surface area contributed by atoms with Gasteiger partial charge in [0.2, 0.25) is 0 Å². The summed E-state index contributed by atoms with van der Waals surface area (Å²) in [6, 6.07) is 14.1. The quantitative estimate of drug-likeness (QED) is 0.527. The van der Waals surface area contributed by atoms with Gasteiger partial charge in [-0.15, -0.1) is 10.2 Å². The predicted octanol–water partition coefficient (Wildman–Crippen LogP) is 4.59. The largest absolute Gasteiger partial charge is 0.507 e. The van der Waals surface area contributed by atoms with E-state index in [4.69, 9.17) is 28.9 Å². The molecule has 2 aromatic heterocycles. The standard InChI is InChI=1S/C19H13Cl2N5O/c20-14-5-3-6-15(17(14)21)26-10-24-25-19(26)13-8-11(9-23-18(13)22)12-4-1-2-7-16(12)27/h1-10,27H,(H2,22,23). The number of nitrogen functional groups attached to an aromatic ring is 1. The molecule has 134 valence electrons. The molecule has 4 aromatic rings. The topological polar surface area (TPSA) is 89.8 Å². The molecular formula is C19H13Cl2N5O. The van der Waals surface area contributed by atoms with Crippen molar-refractivity contribution in [3.63, 3.8) is 0 Å². The van der Waals surface area contributed by atoms with E-state index >= 15 is 0 Å². The van der Waals surface area contributed by atoms with Gasteiger partial charge in [-0.2, -0.15) is 0 Å². The van der Waals surface area contributed by atoms with Gasteiger partial charge in [0.25, 0.3) is 0 Å². The van der Waals surface area contributed by atoms with Gasteiger partial charge in [-0.3, -0.25) is 4.57 Å². The summed E-state index contributed by atoms with van der Waals surface area (Å²) < 4.78 is 1.69. The van der Waals surface area contributed by atoms with Gasteiger partial charge in [0, 0.05) is 17.3 Å². The van der Waals surface area contributed by atoms with Crippen molar-refractivity contribution >= 4 is 29.0 Å². The van der Waals surface area contributed by atoms with E-state index in [1.165, 1.54) is 6.33 Å². The van der Waals surface area contributed by atoms with E-state index in [1.54, 1.807) is 53.2 Å². The summed E-state index contributed by atoms with van der Waals surface area (Å²) >= 11 is 12.5. The SMILES string of the molecule is Nc1ncc(-c2ccccc2O)cc1-c1nncn1-c1cccc(Cl)c1Cl. The Morgan fingerprint density at radius 1 is 1.00 bits per heavy atom. The molecule has 0 aliphatic heterocycles. The lowest BCUT2D eigenvalue weighted by Gasteiger charge is -2.12. The monoisotopic (exact) mass is 397 g/mol. The van der Waals surface area contributed by atoms with Crippen molar-refractivity contribution in [2.24, 2.45) is 0 Å². The molecule has 0 fully saturated rings. The number of aromatic hydroxyl groups is 1. The van der Waals surface area contributed by atoms with Gasteiger partial charge < -0.3 is 10.8 Å². The van der Waals surface area contributed by atoms with Gasteiger partial charge in [-0.1, -0.05) is 47.5 Å². The molecular weight excluding hydrogens is 385 g/mol. The van der Waals surface area contributed by atoms with Crippen molar-refractivity contribution in [2.45, 2.75) is 0 Å². The first-order valence-corrected chi connectivity index (χ1v) is 8.70. The fourth-order valence-corrected chi connectivity index (χ4v) is 3.18. The van der Waals surface area contributed by atoms with Crippen LogP contribution in [-0.4, -0.2) is 24.9 Å². The second-order valence-electron chi connectivity index (χ2n) is 5.77. The van der Waals surface area contributed by atoms with Gasteiger partial charge in [0.1, 0.15) is 17.9 Å². The fourth-order valence-electron chi connectivity index (χ4n) is 2.79. The third-order valence-corrected chi connectivity index (χ3v) is 4.92. The summed E-state index contributed by atoms with van der Waals surface area (Å²) in [5.74, 6) is 0.886. The summed E-state index contributed by atoms with van der Waals surface area (Å²) in [6.45, 7) is 0. The Morgan fingerprint density at radius 2 is 1.81 bits per heavy atom. The molecule has 27 heavy (non-hydrogen) atoms. The second-order valence-corrected chi connectivity index (χ2v) is 6.56. The second kappa shape index (κ2) is 6.90. The minimum absolute atomic E-state index is 0.148. The molecule has 2 heterocycles. The molecule has 0 radical (unpaired) electrons. The molecule has 0 unspecified atom stereocenters. The number of halogens is 2. The number of phenolic OH excluding ortho intramolecular Hbond substituents is 1. The maximum Gasteiger partial charge on any atom is 0.172 e. The van der Waals surface area contributed by atoms with Crippen molar-refractivity contribution < 1.29 is 5.11 Å². The van der Waals surface area contributed by atoms with E-state index in [9.17, 15) is 5.11 Å².